The molecule has 3 N–H and O–H groups in total. The number of nitrogens with two attached hydrogens (primary N) is 1. The largest absolute Gasteiger partial charge is 0.369 e. The number of primary amides is 1. The van der Waals surface area contributed by atoms with Crippen molar-refractivity contribution in [3.63, 3.8) is 0 Å². The van der Waals surface area contributed by atoms with Gasteiger partial charge in [0.25, 0.3) is 5.91 Å². The zero-order chi connectivity index (χ0) is 21.8. The standard InChI is InChI=1S/C21H17FN6O2S/c22-14-1-3-15(4-2-14)28-18-11-24-9-17(16(18)10-27-28)21(30)26-8-13-5-6-25-20(7-13)31-12-19(23)29/h1-7,9-11H,8,12H2,(H2,23,29)(H,26,30). The number of hydrogen-bond acceptors (Lipinski definition) is 6. The first-order valence-electron chi connectivity index (χ1n) is 9.23. The van der Waals surface area contributed by atoms with Crippen LogP contribution in [0.2, 0.25) is 0 Å². The van der Waals surface area contributed by atoms with Crippen molar-refractivity contribution < 1.29 is 14.0 Å². The highest BCUT2D eigenvalue weighted by molar-refractivity contribution is 7.99. The molecular formula is C21H17FN6O2S. The van der Waals surface area contributed by atoms with Gasteiger partial charge in [-0.2, -0.15) is 5.10 Å². The predicted molar refractivity (Wildman–Crippen MR) is 114 cm³/mol. The zero-order valence-corrected chi connectivity index (χ0v) is 17.0. The molecule has 0 radical (unpaired) electrons. The summed E-state index contributed by atoms with van der Waals surface area (Å²) in [6.07, 6.45) is 6.28. The highest BCUT2D eigenvalue weighted by atomic mass is 32.2. The molecule has 1 aromatic carbocycles. The number of aromatic nitrogens is 4. The highest BCUT2D eigenvalue weighted by Gasteiger charge is 2.15. The Bertz CT molecular complexity index is 1260. The molecule has 0 bridgehead atoms. The van der Waals surface area contributed by atoms with Gasteiger partial charge in [0, 0.05) is 24.3 Å². The first kappa shape index (κ1) is 20.5. The van der Waals surface area contributed by atoms with Crippen molar-refractivity contribution in [2.45, 2.75) is 11.6 Å². The first-order valence-corrected chi connectivity index (χ1v) is 10.2. The lowest BCUT2D eigenvalue weighted by Gasteiger charge is -2.08. The molecule has 0 unspecified atom stereocenters. The number of nitrogens with zero attached hydrogens (tertiary/aromatic N) is 4. The van der Waals surface area contributed by atoms with Gasteiger partial charge in [-0.3, -0.25) is 14.6 Å². The van der Waals surface area contributed by atoms with Gasteiger partial charge in [0.1, 0.15) is 5.82 Å². The van der Waals surface area contributed by atoms with Gasteiger partial charge in [0.05, 0.1) is 39.9 Å². The molecule has 2 amide bonds. The Morgan fingerprint density at radius 3 is 2.71 bits per heavy atom. The highest BCUT2D eigenvalue weighted by Crippen LogP contribution is 2.21. The average Bonchev–Trinajstić information content (AvgIpc) is 3.21. The molecule has 0 aliphatic rings. The lowest BCUT2D eigenvalue weighted by molar-refractivity contribution is -0.115. The zero-order valence-electron chi connectivity index (χ0n) is 16.2. The van der Waals surface area contributed by atoms with Crippen LogP contribution < -0.4 is 11.1 Å². The quantitative estimate of drug-likeness (QED) is 0.430. The normalized spacial score (nSPS) is 10.9. The van der Waals surface area contributed by atoms with Gasteiger partial charge in [-0.15, -0.1) is 0 Å². The average molecular weight is 436 g/mol. The number of hydrogen-bond donors (Lipinski definition) is 2. The summed E-state index contributed by atoms with van der Waals surface area (Å²) in [6, 6.07) is 9.46. The molecule has 4 rings (SSSR count). The van der Waals surface area contributed by atoms with Crippen LogP contribution in [0.1, 0.15) is 15.9 Å². The maximum absolute atomic E-state index is 13.2. The Hall–Kier alpha value is -3.79. The number of rotatable bonds is 7. The van der Waals surface area contributed by atoms with E-state index in [1.54, 1.807) is 47.5 Å². The van der Waals surface area contributed by atoms with E-state index in [0.717, 1.165) is 5.56 Å². The Kier molecular flexibility index (Phi) is 5.89. The second-order valence-electron chi connectivity index (χ2n) is 6.59. The molecule has 0 fully saturated rings. The summed E-state index contributed by atoms with van der Waals surface area (Å²) in [7, 11) is 0. The summed E-state index contributed by atoms with van der Waals surface area (Å²) in [6.45, 7) is 0.272. The molecule has 31 heavy (non-hydrogen) atoms. The molecule has 3 heterocycles. The molecule has 4 aromatic rings. The molecule has 0 saturated carbocycles. The van der Waals surface area contributed by atoms with Gasteiger partial charge in [-0.25, -0.2) is 14.1 Å². The first-order chi connectivity index (χ1) is 15.0. The number of benzene rings is 1. The Balaban J connectivity index is 1.52. The second kappa shape index (κ2) is 8.92. The molecule has 0 aliphatic heterocycles. The van der Waals surface area contributed by atoms with Crippen molar-refractivity contribution in [2.24, 2.45) is 5.73 Å². The molecule has 0 aliphatic carbocycles. The van der Waals surface area contributed by atoms with E-state index < -0.39 is 5.91 Å². The third-order valence-electron chi connectivity index (χ3n) is 4.43. The van der Waals surface area contributed by atoms with E-state index in [9.17, 15) is 14.0 Å². The Morgan fingerprint density at radius 2 is 1.94 bits per heavy atom. The van der Waals surface area contributed by atoms with Gasteiger partial charge in [-0.05, 0) is 42.0 Å². The van der Waals surface area contributed by atoms with Crippen molar-refractivity contribution in [2.75, 3.05) is 5.75 Å². The molecule has 3 aromatic heterocycles. The monoisotopic (exact) mass is 436 g/mol. The Morgan fingerprint density at radius 1 is 1.13 bits per heavy atom. The second-order valence-corrected chi connectivity index (χ2v) is 7.59. The molecule has 156 valence electrons. The van der Waals surface area contributed by atoms with Crippen LogP contribution >= 0.6 is 11.8 Å². The number of amides is 2. The smallest absolute Gasteiger partial charge is 0.253 e. The Labute approximate surface area is 180 Å². The number of nitrogens with one attached hydrogen (secondary N) is 1. The van der Waals surface area contributed by atoms with Crippen LogP contribution in [-0.2, 0) is 11.3 Å². The van der Waals surface area contributed by atoms with Crippen molar-refractivity contribution >= 4 is 34.5 Å². The van der Waals surface area contributed by atoms with E-state index in [2.05, 4.69) is 20.4 Å². The molecule has 0 spiro atoms. The van der Waals surface area contributed by atoms with E-state index in [-0.39, 0.29) is 24.0 Å². The molecular weight excluding hydrogens is 419 g/mol. The summed E-state index contributed by atoms with van der Waals surface area (Å²) in [4.78, 5) is 32.1. The fourth-order valence-electron chi connectivity index (χ4n) is 2.97. The van der Waals surface area contributed by atoms with Gasteiger partial charge in [0.15, 0.2) is 0 Å². The SMILES string of the molecule is NC(=O)CSc1cc(CNC(=O)c2cncc3c2cnn3-c2ccc(F)cc2)ccn1. The predicted octanol–water partition coefficient (Wildman–Crippen LogP) is 2.46. The van der Waals surface area contributed by atoms with Crippen molar-refractivity contribution in [3.8, 4) is 5.69 Å². The van der Waals surface area contributed by atoms with Gasteiger partial charge >= 0.3 is 0 Å². The van der Waals surface area contributed by atoms with Crippen LogP contribution in [0.4, 0.5) is 4.39 Å². The number of carbonyl (C=O) groups is 2. The van der Waals surface area contributed by atoms with E-state index in [1.165, 1.54) is 30.1 Å². The van der Waals surface area contributed by atoms with Crippen LogP contribution in [-0.4, -0.2) is 37.3 Å². The molecule has 0 saturated heterocycles. The van der Waals surface area contributed by atoms with E-state index in [1.807, 2.05) is 0 Å². The van der Waals surface area contributed by atoms with Gasteiger partial charge < -0.3 is 11.1 Å². The summed E-state index contributed by atoms with van der Waals surface area (Å²) >= 11 is 1.23. The number of thioether (sulfide) groups is 1. The van der Waals surface area contributed by atoms with Crippen molar-refractivity contribution in [3.05, 3.63) is 78.1 Å². The fourth-order valence-corrected chi connectivity index (χ4v) is 3.63. The van der Waals surface area contributed by atoms with E-state index in [0.29, 0.717) is 27.2 Å². The van der Waals surface area contributed by atoms with Crippen molar-refractivity contribution in [1.82, 2.24) is 25.1 Å². The number of fused-ring (bicyclic) bond motifs is 1. The van der Waals surface area contributed by atoms with Crippen LogP contribution in [0.5, 0.6) is 0 Å². The van der Waals surface area contributed by atoms with E-state index in [4.69, 9.17) is 5.73 Å². The maximum Gasteiger partial charge on any atom is 0.253 e. The minimum atomic E-state index is -0.424. The number of carbonyl (C=O) groups excluding carboxylic acids is 2. The van der Waals surface area contributed by atoms with Crippen LogP contribution in [0.15, 0.2) is 66.2 Å². The third kappa shape index (κ3) is 4.69. The molecule has 0 atom stereocenters. The number of halogens is 1. The van der Waals surface area contributed by atoms with Gasteiger partial charge in [0.2, 0.25) is 5.91 Å². The summed E-state index contributed by atoms with van der Waals surface area (Å²) in [5, 5.41) is 8.47. The molecule has 8 nitrogen and oxygen atoms in total. The number of pyridine rings is 2. The van der Waals surface area contributed by atoms with Crippen LogP contribution in [0.3, 0.4) is 0 Å². The van der Waals surface area contributed by atoms with Crippen LogP contribution in [0.25, 0.3) is 16.6 Å². The molecule has 10 heteroatoms. The minimum absolute atomic E-state index is 0.133. The lowest BCUT2D eigenvalue weighted by Crippen LogP contribution is -2.23. The van der Waals surface area contributed by atoms with Gasteiger partial charge in [-0.1, -0.05) is 11.8 Å². The third-order valence-corrected chi connectivity index (χ3v) is 5.38. The van der Waals surface area contributed by atoms with Crippen molar-refractivity contribution in [1.29, 1.82) is 0 Å². The van der Waals surface area contributed by atoms with E-state index >= 15 is 0 Å². The fraction of sp³-hybridized carbons (Fsp3) is 0.0952. The lowest BCUT2D eigenvalue weighted by atomic mass is 10.1. The topological polar surface area (TPSA) is 116 Å². The summed E-state index contributed by atoms with van der Waals surface area (Å²) < 4.78 is 14.8. The summed E-state index contributed by atoms with van der Waals surface area (Å²) in [5.74, 6) is -0.938. The van der Waals surface area contributed by atoms with Crippen LogP contribution in [0, 0.1) is 5.82 Å². The maximum atomic E-state index is 13.2. The minimum Gasteiger partial charge on any atom is -0.369 e. The summed E-state index contributed by atoms with van der Waals surface area (Å²) in [5.41, 5.74) is 7.66.